The number of hydrogen-bond acceptors (Lipinski definition) is 6. The van der Waals surface area contributed by atoms with Crippen LogP contribution in [0.1, 0.15) is 28.4 Å². The van der Waals surface area contributed by atoms with Crippen molar-refractivity contribution in [1.82, 2.24) is 9.30 Å². The first kappa shape index (κ1) is 20.0. The largest absolute Gasteiger partial charge is 0.492 e. The van der Waals surface area contributed by atoms with E-state index in [2.05, 4.69) is 5.32 Å². The van der Waals surface area contributed by atoms with Gasteiger partial charge < -0.3 is 20.4 Å². The number of anilines is 2. The maximum atomic E-state index is 14.4. The van der Waals surface area contributed by atoms with Gasteiger partial charge in [0.25, 0.3) is 5.56 Å². The topological polar surface area (TPSA) is 106 Å². The molecule has 0 aliphatic carbocycles. The fourth-order valence-electron chi connectivity index (χ4n) is 2.84. The smallest absolute Gasteiger partial charge is 0.367 e. The van der Waals surface area contributed by atoms with Crippen LogP contribution in [0.2, 0.25) is 0 Å². The minimum Gasteiger partial charge on any atom is -0.492 e. The van der Waals surface area contributed by atoms with Gasteiger partial charge in [-0.15, -0.1) is 4.73 Å². The Hall–Kier alpha value is -3.75. The van der Waals surface area contributed by atoms with Crippen LogP contribution in [0.15, 0.2) is 41.2 Å². The van der Waals surface area contributed by atoms with Crippen molar-refractivity contribution in [2.45, 2.75) is 20.3 Å². The first-order valence-corrected chi connectivity index (χ1v) is 8.81. The number of hydrogen-bond donors (Lipinski definition) is 3. The fraction of sp³-hybridized carbons (Fsp3) is 0.200. The van der Waals surface area contributed by atoms with E-state index in [1.54, 1.807) is 6.07 Å². The minimum absolute atomic E-state index is 0.000107. The zero-order chi connectivity index (χ0) is 21.3. The Morgan fingerprint density at radius 2 is 1.83 bits per heavy atom. The van der Waals surface area contributed by atoms with Gasteiger partial charge in [-0.25, -0.2) is 9.18 Å². The predicted octanol–water partition coefficient (Wildman–Crippen LogP) is 2.62. The van der Waals surface area contributed by atoms with Crippen LogP contribution in [0.25, 0.3) is 0 Å². The molecular weight excluding hydrogens is 381 g/mol. The Kier molecular flexibility index (Phi) is 5.31. The molecule has 0 saturated carbocycles. The van der Waals surface area contributed by atoms with Crippen molar-refractivity contribution in [3.8, 4) is 11.8 Å². The van der Waals surface area contributed by atoms with Gasteiger partial charge in [-0.2, -0.15) is 0 Å². The molecule has 3 aromatic rings. The number of carbonyl (C=O) groups excluding carboxylic acids is 1. The highest BCUT2D eigenvalue weighted by Gasteiger charge is 2.22. The Labute approximate surface area is 165 Å². The van der Waals surface area contributed by atoms with E-state index >= 15 is 0 Å². The third-order valence-electron chi connectivity index (χ3n) is 4.48. The van der Waals surface area contributed by atoms with Gasteiger partial charge in [0.2, 0.25) is 11.8 Å². The summed E-state index contributed by atoms with van der Waals surface area (Å²) >= 11 is 0. The number of rotatable bonds is 5. The summed E-state index contributed by atoms with van der Waals surface area (Å²) in [5, 5.41) is 22.1. The molecule has 0 spiro atoms. The highest BCUT2D eigenvalue weighted by atomic mass is 19.1. The number of nitrogens with one attached hydrogen (secondary N) is 1. The quantitative estimate of drug-likeness (QED) is 0.607. The molecule has 9 heteroatoms. The molecule has 2 aromatic heterocycles. The molecule has 0 bridgehead atoms. The highest BCUT2D eigenvalue weighted by molar-refractivity contribution is 5.96. The molecule has 29 heavy (non-hydrogen) atoms. The van der Waals surface area contributed by atoms with Crippen LogP contribution >= 0.6 is 0 Å². The molecule has 152 valence electrons. The molecule has 1 aromatic carbocycles. The summed E-state index contributed by atoms with van der Waals surface area (Å²) in [7, 11) is 1.43. The maximum Gasteiger partial charge on any atom is 0.367 e. The van der Waals surface area contributed by atoms with E-state index in [1.165, 1.54) is 32.2 Å². The van der Waals surface area contributed by atoms with Crippen molar-refractivity contribution in [3.05, 3.63) is 69.3 Å². The van der Waals surface area contributed by atoms with Crippen LogP contribution in [0.3, 0.4) is 0 Å². The Morgan fingerprint density at radius 1 is 1.17 bits per heavy atom. The van der Waals surface area contributed by atoms with Gasteiger partial charge >= 0.3 is 5.97 Å². The third kappa shape index (κ3) is 3.79. The van der Waals surface area contributed by atoms with Gasteiger partial charge in [-0.3, -0.25) is 9.36 Å². The van der Waals surface area contributed by atoms with E-state index in [-0.39, 0.29) is 28.2 Å². The number of halogens is 1. The number of aromatic nitrogens is 2. The predicted molar refractivity (Wildman–Crippen MR) is 104 cm³/mol. The lowest BCUT2D eigenvalue weighted by atomic mass is 10.1. The summed E-state index contributed by atoms with van der Waals surface area (Å²) in [5.74, 6) is -2.50. The third-order valence-corrected chi connectivity index (χ3v) is 4.48. The number of carbonyl (C=O) groups is 1. The van der Waals surface area contributed by atoms with E-state index in [0.29, 0.717) is 11.2 Å². The van der Waals surface area contributed by atoms with Crippen LogP contribution in [0.5, 0.6) is 11.8 Å². The maximum absolute atomic E-state index is 14.4. The lowest BCUT2D eigenvalue weighted by molar-refractivity contribution is 0.0382. The average molecular weight is 401 g/mol. The van der Waals surface area contributed by atoms with Crippen molar-refractivity contribution >= 4 is 17.5 Å². The van der Waals surface area contributed by atoms with Crippen LogP contribution < -0.4 is 15.7 Å². The molecule has 0 aliphatic rings. The van der Waals surface area contributed by atoms with Crippen LogP contribution in [-0.4, -0.2) is 25.5 Å². The summed E-state index contributed by atoms with van der Waals surface area (Å²) < 4.78 is 16.1. The first-order valence-electron chi connectivity index (χ1n) is 8.81. The second-order valence-corrected chi connectivity index (χ2v) is 6.47. The normalized spacial score (nSPS) is 10.8. The first-order chi connectivity index (χ1) is 13.7. The fourth-order valence-corrected chi connectivity index (χ4v) is 2.84. The minimum atomic E-state index is -0.974. The second-order valence-electron chi connectivity index (χ2n) is 6.47. The molecule has 8 nitrogen and oxygen atoms in total. The average Bonchev–Trinajstić information content (AvgIpc) is 3.01. The van der Waals surface area contributed by atoms with E-state index in [9.17, 15) is 24.2 Å². The van der Waals surface area contributed by atoms with E-state index in [1.807, 2.05) is 6.92 Å². The number of pyridine rings is 1. The van der Waals surface area contributed by atoms with Gasteiger partial charge in [-0.1, -0.05) is 13.0 Å². The van der Waals surface area contributed by atoms with E-state index in [4.69, 9.17) is 4.84 Å². The lowest BCUT2D eigenvalue weighted by Crippen LogP contribution is -2.27. The molecule has 0 unspecified atom stereocenters. The van der Waals surface area contributed by atoms with Crippen LogP contribution in [0, 0.1) is 12.7 Å². The Morgan fingerprint density at radius 3 is 2.41 bits per heavy atom. The van der Waals surface area contributed by atoms with Crippen molar-refractivity contribution < 1.29 is 24.2 Å². The number of benzene rings is 1. The van der Waals surface area contributed by atoms with Crippen LogP contribution in [-0.2, 0) is 13.5 Å². The molecule has 0 fully saturated rings. The van der Waals surface area contributed by atoms with Gasteiger partial charge in [-0.05, 0) is 37.1 Å². The van der Waals surface area contributed by atoms with Crippen molar-refractivity contribution in [3.63, 3.8) is 0 Å². The molecule has 0 atom stereocenters. The van der Waals surface area contributed by atoms with Crippen molar-refractivity contribution in [2.24, 2.45) is 7.05 Å². The van der Waals surface area contributed by atoms with Gasteiger partial charge in [0.1, 0.15) is 17.2 Å². The highest BCUT2D eigenvalue weighted by Crippen LogP contribution is 2.25. The summed E-state index contributed by atoms with van der Waals surface area (Å²) in [6.45, 7) is 3.41. The summed E-state index contributed by atoms with van der Waals surface area (Å²) in [6.07, 6.45) is 0.654. The second kappa shape index (κ2) is 7.70. The molecular formula is C20H20FN3O5. The van der Waals surface area contributed by atoms with Crippen LogP contribution in [0.4, 0.5) is 15.9 Å². The molecule has 3 rings (SSSR count). The number of aryl methyl sites for hydroxylation is 2. The Balaban J connectivity index is 2.06. The molecule has 0 saturated heterocycles. The van der Waals surface area contributed by atoms with Gasteiger partial charge in [0.05, 0.1) is 5.69 Å². The molecule has 0 amide bonds. The van der Waals surface area contributed by atoms with Crippen molar-refractivity contribution in [1.29, 1.82) is 0 Å². The standard InChI is InChI=1S/C20H20FN3O5/c1-4-12-5-6-15(14(21)10-12)22-18-13(9-11(2)19(27)23(18)3)20(28)29-24-16(25)7-8-17(24)26/h5-10,22,25-26H,4H2,1-3H3. The summed E-state index contributed by atoms with van der Waals surface area (Å²) in [6, 6.07) is 8.17. The monoisotopic (exact) mass is 401 g/mol. The van der Waals surface area contributed by atoms with Gasteiger partial charge in [0.15, 0.2) is 0 Å². The van der Waals surface area contributed by atoms with E-state index in [0.717, 1.165) is 22.3 Å². The zero-order valence-electron chi connectivity index (χ0n) is 16.1. The number of nitrogens with zero attached hydrogens (tertiary/aromatic N) is 2. The summed E-state index contributed by atoms with van der Waals surface area (Å²) in [4.78, 5) is 30.1. The van der Waals surface area contributed by atoms with E-state index < -0.39 is 23.5 Å². The SMILES string of the molecule is CCc1ccc(Nc2c(C(=O)On3c(O)ccc3O)cc(C)c(=O)n2C)c(F)c1. The summed E-state index contributed by atoms with van der Waals surface area (Å²) in [5.41, 5.74) is 0.649. The Bertz CT molecular complexity index is 1130. The van der Waals surface area contributed by atoms with Gasteiger partial charge in [0, 0.05) is 24.7 Å². The molecule has 2 heterocycles. The number of aromatic hydroxyl groups is 2. The molecule has 3 N–H and O–H groups in total. The molecule has 0 aliphatic heterocycles. The lowest BCUT2D eigenvalue weighted by Gasteiger charge is -2.17. The van der Waals surface area contributed by atoms with Crippen molar-refractivity contribution in [2.75, 3.05) is 5.32 Å². The molecule has 0 radical (unpaired) electrons. The zero-order valence-corrected chi connectivity index (χ0v) is 16.1.